The summed E-state index contributed by atoms with van der Waals surface area (Å²) in [7, 11) is 2.01. The molecule has 0 unspecified atom stereocenters. The maximum absolute atomic E-state index is 11.3. The number of carbonyl (C=O) groups is 1. The molecule has 104 valence electrons. The summed E-state index contributed by atoms with van der Waals surface area (Å²) in [5.74, 6) is -0.633. The molecule has 0 spiro atoms. The molecule has 0 aromatic heterocycles. The molecule has 1 aromatic carbocycles. The minimum atomic E-state index is -0.633. The van der Waals surface area contributed by atoms with E-state index in [9.17, 15) is 9.90 Å². The number of rotatable bonds is 6. The fourth-order valence-electron chi connectivity index (χ4n) is 2.65. The van der Waals surface area contributed by atoms with Crippen LogP contribution < -0.4 is 0 Å². The molecular formula is C15H20BrNO2. The average molecular weight is 326 g/mol. The zero-order valence-electron chi connectivity index (χ0n) is 11.2. The predicted octanol–water partition coefficient (Wildman–Crippen LogP) is 3.18. The summed E-state index contributed by atoms with van der Waals surface area (Å²) in [6.45, 7) is 1.55. The van der Waals surface area contributed by atoms with Crippen molar-refractivity contribution in [3.8, 4) is 0 Å². The highest BCUT2D eigenvalue weighted by Crippen LogP contribution is 2.41. The summed E-state index contributed by atoms with van der Waals surface area (Å²) in [5, 5.41) is 9.33. The van der Waals surface area contributed by atoms with Crippen LogP contribution in [0.1, 0.15) is 24.8 Å². The number of carboxylic acid groups (broad SMARTS) is 1. The van der Waals surface area contributed by atoms with Gasteiger partial charge in [-0.3, -0.25) is 4.79 Å². The van der Waals surface area contributed by atoms with Gasteiger partial charge >= 0.3 is 5.97 Å². The van der Waals surface area contributed by atoms with E-state index in [1.165, 1.54) is 5.56 Å². The molecule has 19 heavy (non-hydrogen) atoms. The van der Waals surface area contributed by atoms with Gasteiger partial charge in [0.15, 0.2) is 0 Å². The van der Waals surface area contributed by atoms with Gasteiger partial charge in [-0.1, -0.05) is 40.5 Å². The monoisotopic (exact) mass is 325 g/mol. The number of hydrogen-bond acceptors (Lipinski definition) is 2. The molecule has 3 nitrogen and oxygen atoms in total. The first-order valence-corrected chi connectivity index (χ1v) is 7.48. The number of hydrogen-bond donors (Lipinski definition) is 1. The first kappa shape index (κ1) is 14.5. The fourth-order valence-corrected chi connectivity index (χ4v) is 3.13. The van der Waals surface area contributed by atoms with E-state index >= 15 is 0 Å². The van der Waals surface area contributed by atoms with Crippen LogP contribution in [-0.2, 0) is 11.2 Å². The van der Waals surface area contributed by atoms with Gasteiger partial charge in [0.2, 0.25) is 0 Å². The van der Waals surface area contributed by atoms with E-state index in [2.05, 4.69) is 26.9 Å². The van der Waals surface area contributed by atoms with E-state index < -0.39 is 11.4 Å². The summed E-state index contributed by atoms with van der Waals surface area (Å²) in [6.07, 6.45) is 3.63. The predicted molar refractivity (Wildman–Crippen MR) is 79.3 cm³/mol. The quantitative estimate of drug-likeness (QED) is 0.873. The summed E-state index contributed by atoms with van der Waals surface area (Å²) in [6, 6.07) is 8.18. The molecule has 0 aliphatic heterocycles. The Morgan fingerprint density at radius 1 is 1.42 bits per heavy atom. The van der Waals surface area contributed by atoms with Crippen molar-refractivity contribution in [1.82, 2.24) is 4.90 Å². The summed E-state index contributed by atoms with van der Waals surface area (Å²) >= 11 is 3.54. The molecule has 0 amide bonds. The molecule has 0 heterocycles. The van der Waals surface area contributed by atoms with E-state index in [1.54, 1.807) is 0 Å². The third kappa shape index (κ3) is 3.37. The van der Waals surface area contributed by atoms with Gasteiger partial charge in [-0.05, 0) is 37.9 Å². The number of likely N-dealkylation sites (N-methyl/N-ethyl adjacent to an activating group) is 1. The van der Waals surface area contributed by atoms with Crippen molar-refractivity contribution in [1.29, 1.82) is 0 Å². The lowest BCUT2D eigenvalue weighted by Gasteiger charge is -2.40. The minimum absolute atomic E-state index is 0.483. The number of halogens is 1. The maximum atomic E-state index is 11.3. The summed E-state index contributed by atoms with van der Waals surface area (Å²) in [4.78, 5) is 13.5. The number of nitrogens with zero attached hydrogens (tertiary/aromatic N) is 1. The van der Waals surface area contributed by atoms with Crippen molar-refractivity contribution in [2.24, 2.45) is 5.41 Å². The minimum Gasteiger partial charge on any atom is -0.481 e. The normalized spacial score (nSPS) is 17.2. The average Bonchev–Trinajstić information content (AvgIpc) is 2.32. The van der Waals surface area contributed by atoms with Gasteiger partial charge in [-0.2, -0.15) is 0 Å². The van der Waals surface area contributed by atoms with Gasteiger partial charge in [0.1, 0.15) is 0 Å². The largest absolute Gasteiger partial charge is 0.481 e. The van der Waals surface area contributed by atoms with Gasteiger partial charge in [-0.25, -0.2) is 0 Å². The molecule has 1 N–H and O–H groups in total. The Labute approximate surface area is 122 Å². The molecule has 0 atom stereocenters. The molecule has 1 aromatic rings. The zero-order valence-corrected chi connectivity index (χ0v) is 12.8. The van der Waals surface area contributed by atoms with Crippen molar-refractivity contribution < 1.29 is 9.90 Å². The third-order valence-corrected chi connectivity index (χ3v) is 4.83. The van der Waals surface area contributed by atoms with Gasteiger partial charge in [0.25, 0.3) is 0 Å². The van der Waals surface area contributed by atoms with Crippen LogP contribution in [0.15, 0.2) is 28.7 Å². The molecule has 1 saturated carbocycles. The topological polar surface area (TPSA) is 40.5 Å². The molecule has 1 aliphatic carbocycles. The summed E-state index contributed by atoms with van der Waals surface area (Å²) < 4.78 is 1.12. The molecule has 4 heteroatoms. The zero-order chi connectivity index (χ0) is 13.9. The van der Waals surface area contributed by atoms with Gasteiger partial charge in [0, 0.05) is 17.6 Å². The van der Waals surface area contributed by atoms with Crippen LogP contribution in [0.25, 0.3) is 0 Å². The van der Waals surface area contributed by atoms with Crippen LogP contribution in [0.3, 0.4) is 0 Å². The third-order valence-electron chi connectivity index (χ3n) is 4.06. The van der Waals surface area contributed by atoms with Crippen LogP contribution in [0.5, 0.6) is 0 Å². The van der Waals surface area contributed by atoms with Crippen molar-refractivity contribution in [2.45, 2.75) is 25.7 Å². The Hall–Kier alpha value is -0.870. The highest BCUT2D eigenvalue weighted by molar-refractivity contribution is 9.10. The molecule has 2 rings (SSSR count). The van der Waals surface area contributed by atoms with E-state index in [0.717, 1.165) is 36.7 Å². The van der Waals surface area contributed by atoms with Gasteiger partial charge in [-0.15, -0.1) is 0 Å². The van der Waals surface area contributed by atoms with Gasteiger partial charge < -0.3 is 10.0 Å². The Morgan fingerprint density at radius 2 is 2.11 bits per heavy atom. The van der Waals surface area contributed by atoms with Crippen molar-refractivity contribution in [2.75, 3.05) is 20.1 Å². The molecule has 1 aliphatic rings. The number of aliphatic carboxylic acids is 1. The Bertz CT molecular complexity index is 457. The van der Waals surface area contributed by atoms with Crippen molar-refractivity contribution >= 4 is 21.9 Å². The second kappa shape index (κ2) is 6.06. The maximum Gasteiger partial charge on any atom is 0.310 e. The van der Waals surface area contributed by atoms with Crippen LogP contribution in [0.2, 0.25) is 0 Å². The second-order valence-electron chi connectivity index (χ2n) is 5.52. The first-order chi connectivity index (χ1) is 9.03. The lowest BCUT2D eigenvalue weighted by molar-refractivity contribution is -0.156. The van der Waals surface area contributed by atoms with Gasteiger partial charge in [0.05, 0.1) is 5.41 Å². The molecule has 0 saturated heterocycles. The van der Waals surface area contributed by atoms with E-state index in [1.807, 2.05) is 25.2 Å². The lowest BCUT2D eigenvalue weighted by atomic mass is 9.68. The Balaban J connectivity index is 1.87. The smallest absolute Gasteiger partial charge is 0.310 e. The second-order valence-corrected chi connectivity index (χ2v) is 6.37. The fraction of sp³-hybridized carbons (Fsp3) is 0.533. The molecular weight excluding hydrogens is 306 g/mol. The highest BCUT2D eigenvalue weighted by atomic mass is 79.9. The Morgan fingerprint density at radius 3 is 2.63 bits per heavy atom. The standard InChI is InChI=1S/C15H20BrNO2/c1-17(11-15(14(18)19)8-4-9-15)10-7-12-5-2-3-6-13(12)16/h2-3,5-6H,4,7-11H2,1H3,(H,18,19). The van der Waals surface area contributed by atoms with Crippen LogP contribution in [-0.4, -0.2) is 36.1 Å². The highest BCUT2D eigenvalue weighted by Gasteiger charge is 2.44. The molecule has 1 fully saturated rings. The van der Waals surface area contributed by atoms with Crippen LogP contribution in [0, 0.1) is 5.41 Å². The molecule has 0 radical (unpaired) electrons. The van der Waals surface area contributed by atoms with E-state index in [0.29, 0.717) is 6.54 Å². The number of carboxylic acids is 1. The van der Waals surface area contributed by atoms with Crippen molar-refractivity contribution in [3.63, 3.8) is 0 Å². The van der Waals surface area contributed by atoms with E-state index in [4.69, 9.17) is 0 Å². The van der Waals surface area contributed by atoms with Crippen molar-refractivity contribution in [3.05, 3.63) is 34.3 Å². The summed E-state index contributed by atoms with van der Waals surface area (Å²) in [5.41, 5.74) is 0.787. The van der Waals surface area contributed by atoms with Crippen LogP contribution >= 0.6 is 15.9 Å². The number of benzene rings is 1. The lowest BCUT2D eigenvalue weighted by Crippen LogP contribution is -2.47. The van der Waals surface area contributed by atoms with E-state index in [-0.39, 0.29) is 0 Å². The SMILES string of the molecule is CN(CCc1ccccc1Br)CC1(C(=O)O)CCC1. The first-order valence-electron chi connectivity index (χ1n) is 6.69. The molecule has 0 bridgehead atoms. The Kier molecular flexibility index (Phi) is 4.63. The van der Waals surface area contributed by atoms with Crippen LogP contribution in [0.4, 0.5) is 0 Å².